The molecule has 2 atom stereocenters. The molecule has 106 valence electrons. The highest BCUT2D eigenvalue weighted by molar-refractivity contribution is 5.02. The number of morpholine rings is 1. The van der Waals surface area contributed by atoms with Gasteiger partial charge in [-0.2, -0.15) is 0 Å². The van der Waals surface area contributed by atoms with Gasteiger partial charge >= 0.3 is 0 Å². The van der Waals surface area contributed by atoms with E-state index in [9.17, 15) is 0 Å². The average molecular weight is 253 g/mol. The summed E-state index contributed by atoms with van der Waals surface area (Å²) in [6, 6.07) is 0. The maximum Gasteiger partial charge on any atom is 0.0840 e. The predicted molar refractivity (Wildman–Crippen MR) is 76.8 cm³/mol. The van der Waals surface area contributed by atoms with Crippen molar-refractivity contribution in [2.45, 2.75) is 77.9 Å². The highest BCUT2D eigenvalue weighted by atomic mass is 16.5. The van der Waals surface area contributed by atoms with Crippen molar-refractivity contribution in [3.63, 3.8) is 0 Å². The lowest BCUT2D eigenvalue weighted by atomic mass is 9.64. The Morgan fingerprint density at radius 1 is 1.11 bits per heavy atom. The van der Waals surface area contributed by atoms with E-state index in [4.69, 9.17) is 4.74 Å². The Bertz CT molecular complexity index is 295. The molecule has 2 rings (SSSR count). The van der Waals surface area contributed by atoms with Crippen LogP contribution in [0.3, 0.4) is 0 Å². The fraction of sp³-hybridized carbons (Fsp3) is 1.00. The zero-order valence-corrected chi connectivity index (χ0v) is 12.9. The quantitative estimate of drug-likeness (QED) is 0.809. The fourth-order valence-electron chi connectivity index (χ4n) is 3.98. The molecule has 0 radical (unpaired) electrons. The van der Waals surface area contributed by atoms with Crippen LogP contribution in [0.25, 0.3) is 0 Å². The molecule has 1 N–H and O–H groups in total. The molecule has 1 spiro atoms. The van der Waals surface area contributed by atoms with Crippen LogP contribution in [0.15, 0.2) is 0 Å². The Balaban J connectivity index is 2.16. The van der Waals surface area contributed by atoms with E-state index in [0.717, 1.165) is 25.9 Å². The number of rotatable bonds is 2. The first kappa shape index (κ1) is 14.3. The van der Waals surface area contributed by atoms with E-state index in [1.165, 1.54) is 19.3 Å². The number of nitrogens with one attached hydrogen (secondary N) is 1. The first-order valence-electron chi connectivity index (χ1n) is 7.78. The van der Waals surface area contributed by atoms with Crippen molar-refractivity contribution >= 4 is 0 Å². The molecule has 2 heteroatoms. The number of ether oxygens (including phenoxy) is 1. The summed E-state index contributed by atoms with van der Waals surface area (Å²) in [6.45, 7) is 13.8. The van der Waals surface area contributed by atoms with Crippen LogP contribution in [0.5, 0.6) is 0 Å². The highest BCUT2D eigenvalue weighted by Gasteiger charge is 2.50. The molecule has 0 aromatic carbocycles. The molecular formula is C16H31NO. The van der Waals surface area contributed by atoms with Gasteiger partial charge in [-0.1, -0.05) is 34.6 Å². The topological polar surface area (TPSA) is 21.3 Å². The van der Waals surface area contributed by atoms with Crippen molar-refractivity contribution in [3.8, 4) is 0 Å². The molecular weight excluding hydrogens is 222 g/mol. The third-order valence-electron chi connectivity index (χ3n) is 5.56. The summed E-state index contributed by atoms with van der Waals surface area (Å²) in [6.07, 6.45) is 6.04. The lowest BCUT2D eigenvalue weighted by Crippen LogP contribution is -2.64. The summed E-state index contributed by atoms with van der Waals surface area (Å²) in [5.74, 6) is 0.659. The van der Waals surface area contributed by atoms with Gasteiger partial charge < -0.3 is 10.1 Å². The van der Waals surface area contributed by atoms with Gasteiger partial charge in [0, 0.05) is 13.1 Å². The lowest BCUT2D eigenvalue weighted by Gasteiger charge is -2.55. The molecule has 18 heavy (non-hydrogen) atoms. The number of hydrogen-bond donors (Lipinski definition) is 1. The molecule has 1 saturated heterocycles. The van der Waals surface area contributed by atoms with Crippen LogP contribution in [0.4, 0.5) is 0 Å². The summed E-state index contributed by atoms with van der Waals surface area (Å²) in [5.41, 5.74) is 0.667. The molecule has 2 fully saturated rings. The Labute approximate surface area is 113 Å². The molecule has 1 heterocycles. The summed E-state index contributed by atoms with van der Waals surface area (Å²) in [5, 5.41) is 3.67. The first-order chi connectivity index (χ1) is 8.37. The molecule has 1 aliphatic carbocycles. The molecule has 0 aromatic heterocycles. The minimum absolute atomic E-state index is 0.0774. The highest BCUT2D eigenvalue weighted by Crippen LogP contribution is 2.48. The second kappa shape index (κ2) is 4.79. The second-order valence-electron chi connectivity index (χ2n) is 7.43. The van der Waals surface area contributed by atoms with Crippen molar-refractivity contribution in [3.05, 3.63) is 0 Å². The van der Waals surface area contributed by atoms with Gasteiger partial charge in [0.05, 0.1) is 11.2 Å². The minimum Gasteiger partial charge on any atom is -0.366 e. The van der Waals surface area contributed by atoms with Gasteiger partial charge in [0.15, 0.2) is 0 Å². The SMILES string of the molecule is CCC1(CC)CNCC2(CCC(C)(C)CC2C)O1. The van der Waals surface area contributed by atoms with Gasteiger partial charge in [-0.25, -0.2) is 0 Å². The van der Waals surface area contributed by atoms with Crippen molar-refractivity contribution in [2.24, 2.45) is 11.3 Å². The summed E-state index contributed by atoms with van der Waals surface area (Å²) in [7, 11) is 0. The monoisotopic (exact) mass is 253 g/mol. The smallest absolute Gasteiger partial charge is 0.0840 e. The normalized spacial score (nSPS) is 38.8. The van der Waals surface area contributed by atoms with E-state index in [-0.39, 0.29) is 11.2 Å². The van der Waals surface area contributed by atoms with Crippen LogP contribution in [0, 0.1) is 11.3 Å². The van der Waals surface area contributed by atoms with E-state index in [0.29, 0.717) is 11.3 Å². The van der Waals surface area contributed by atoms with Crippen LogP contribution >= 0.6 is 0 Å². The predicted octanol–water partition coefficient (Wildman–Crippen LogP) is 3.75. The summed E-state index contributed by atoms with van der Waals surface area (Å²) < 4.78 is 6.74. The van der Waals surface area contributed by atoms with Crippen molar-refractivity contribution in [1.82, 2.24) is 5.32 Å². The lowest BCUT2D eigenvalue weighted by molar-refractivity contribution is -0.222. The van der Waals surface area contributed by atoms with Gasteiger partial charge in [-0.3, -0.25) is 0 Å². The largest absolute Gasteiger partial charge is 0.366 e. The third-order valence-corrected chi connectivity index (χ3v) is 5.56. The average Bonchev–Trinajstić information content (AvgIpc) is 2.35. The maximum absolute atomic E-state index is 6.74. The molecule has 0 aromatic rings. The Morgan fingerprint density at radius 2 is 1.78 bits per heavy atom. The van der Waals surface area contributed by atoms with Crippen LogP contribution in [0.2, 0.25) is 0 Å². The Morgan fingerprint density at radius 3 is 2.33 bits per heavy atom. The van der Waals surface area contributed by atoms with E-state index in [1.807, 2.05) is 0 Å². The third kappa shape index (κ3) is 2.46. The zero-order valence-electron chi connectivity index (χ0n) is 12.9. The molecule has 2 unspecified atom stereocenters. The van der Waals surface area contributed by atoms with Crippen LogP contribution in [0.1, 0.15) is 66.7 Å². The fourth-order valence-corrected chi connectivity index (χ4v) is 3.98. The standard InChI is InChI=1S/C16H31NO/c1-6-15(7-2)11-17-12-16(18-15)9-8-14(4,5)10-13(16)3/h13,17H,6-12H2,1-5H3. The first-order valence-corrected chi connectivity index (χ1v) is 7.78. The maximum atomic E-state index is 6.74. The molecule has 2 aliphatic rings. The van der Waals surface area contributed by atoms with E-state index >= 15 is 0 Å². The van der Waals surface area contributed by atoms with E-state index in [2.05, 4.69) is 39.9 Å². The van der Waals surface area contributed by atoms with Crippen LogP contribution in [-0.4, -0.2) is 24.3 Å². The molecule has 0 amide bonds. The van der Waals surface area contributed by atoms with Gasteiger partial charge in [0.25, 0.3) is 0 Å². The van der Waals surface area contributed by atoms with Crippen molar-refractivity contribution in [1.29, 1.82) is 0 Å². The van der Waals surface area contributed by atoms with E-state index < -0.39 is 0 Å². The van der Waals surface area contributed by atoms with Gasteiger partial charge in [0.1, 0.15) is 0 Å². The molecule has 0 bridgehead atoms. The minimum atomic E-state index is 0.0774. The van der Waals surface area contributed by atoms with Gasteiger partial charge in [0.2, 0.25) is 0 Å². The molecule has 2 nitrogen and oxygen atoms in total. The van der Waals surface area contributed by atoms with Crippen molar-refractivity contribution in [2.75, 3.05) is 13.1 Å². The summed E-state index contributed by atoms with van der Waals surface area (Å²) in [4.78, 5) is 0. The molecule has 1 saturated carbocycles. The zero-order chi connectivity index (χ0) is 13.4. The van der Waals surface area contributed by atoms with Gasteiger partial charge in [-0.15, -0.1) is 0 Å². The molecule has 1 aliphatic heterocycles. The van der Waals surface area contributed by atoms with Crippen LogP contribution < -0.4 is 5.32 Å². The van der Waals surface area contributed by atoms with E-state index in [1.54, 1.807) is 0 Å². The Kier molecular flexibility index (Phi) is 3.81. The number of hydrogen-bond acceptors (Lipinski definition) is 2. The van der Waals surface area contributed by atoms with Crippen LogP contribution in [-0.2, 0) is 4.74 Å². The summed E-state index contributed by atoms with van der Waals surface area (Å²) >= 11 is 0. The second-order valence-corrected chi connectivity index (χ2v) is 7.43. The van der Waals surface area contributed by atoms with Crippen molar-refractivity contribution < 1.29 is 4.74 Å². The van der Waals surface area contributed by atoms with Gasteiger partial charge in [-0.05, 0) is 43.4 Å². The Hall–Kier alpha value is -0.0800.